The van der Waals surface area contributed by atoms with Crippen molar-refractivity contribution >= 4 is 22.5 Å². The first-order chi connectivity index (χ1) is 12.4. The van der Waals surface area contributed by atoms with Gasteiger partial charge in [0.2, 0.25) is 0 Å². The largest absolute Gasteiger partial charge is 0.395 e. The average molecular weight is 367 g/mol. The van der Waals surface area contributed by atoms with Crippen LogP contribution in [0.1, 0.15) is 23.2 Å². The summed E-state index contributed by atoms with van der Waals surface area (Å²) < 4.78 is 38.5. The Labute approximate surface area is 148 Å². The molecule has 1 amide bonds. The Morgan fingerprint density at radius 1 is 1.27 bits per heavy atom. The van der Waals surface area contributed by atoms with Crippen molar-refractivity contribution < 1.29 is 23.1 Å². The van der Waals surface area contributed by atoms with Gasteiger partial charge in [-0.2, -0.15) is 13.2 Å². The summed E-state index contributed by atoms with van der Waals surface area (Å²) in [6.45, 7) is 0.637. The van der Waals surface area contributed by atoms with Crippen molar-refractivity contribution in [3.63, 3.8) is 0 Å². The van der Waals surface area contributed by atoms with Crippen LogP contribution >= 0.6 is 0 Å². The lowest BCUT2D eigenvalue weighted by molar-refractivity contribution is -0.179. The number of benzene rings is 1. The number of aliphatic hydroxyl groups is 1. The lowest BCUT2D eigenvalue weighted by Crippen LogP contribution is -2.39. The number of hydrogen-bond donors (Lipinski definition) is 2. The van der Waals surface area contributed by atoms with Crippen LogP contribution in [0.25, 0.3) is 10.8 Å². The van der Waals surface area contributed by atoms with Gasteiger partial charge in [0.1, 0.15) is 5.82 Å². The number of hydrogen-bond acceptors (Lipinski definition) is 4. The fourth-order valence-corrected chi connectivity index (χ4v) is 3.25. The van der Waals surface area contributed by atoms with Gasteiger partial charge in [-0.05, 0) is 42.5 Å². The van der Waals surface area contributed by atoms with Gasteiger partial charge >= 0.3 is 6.18 Å². The smallest absolute Gasteiger partial charge is 0.391 e. The number of nitrogens with zero attached hydrogens (tertiary/aromatic N) is 2. The number of amides is 1. The number of rotatable bonds is 4. The highest BCUT2D eigenvalue weighted by Crippen LogP contribution is 2.36. The minimum Gasteiger partial charge on any atom is -0.395 e. The van der Waals surface area contributed by atoms with Gasteiger partial charge in [-0.1, -0.05) is 0 Å². The molecule has 26 heavy (non-hydrogen) atoms. The summed E-state index contributed by atoms with van der Waals surface area (Å²) in [5.41, 5.74) is 0.457. The Bertz CT molecular complexity index is 787. The number of carbonyl (C=O) groups is 1. The molecule has 0 atom stereocenters. The molecule has 2 heterocycles. The highest BCUT2D eigenvalue weighted by atomic mass is 19.4. The van der Waals surface area contributed by atoms with Gasteiger partial charge in [-0.15, -0.1) is 0 Å². The quantitative estimate of drug-likeness (QED) is 0.872. The second-order valence-corrected chi connectivity index (χ2v) is 6.35. The molecule has 1 aromatic heterocycles. The number of pyridine rings is 1. The first-order valence-corrected chi connectivity index (χ1v) is 8.49. The first kappa shape index (κ1) is 18.4. The van der Waals surface area contributed by atoms with Crippen LogP contribution in [-0.2, 0) is 0 Å². The van der Waals surface area contributed by atoms with E-state index in [0.717, 1.165) is 10.8 Å². The van der Waals surface area contributed by atoms with Crippen LogP contribution in [0.4, 0.5) is 19.0 Å². The summed E-state index contributed by atoms with van der Waals surface area (Å²) in [4.78, 5) is 18.2. The number of carbonyl (C=O) groups excluding carboxylic acids is 1. The summed E-state index contributed by atoms with van der Waals surface area (Å²) in [5.74, 6) is -0.897. The van der Waals surface area contributed by atoms with Crippen LogP contribution in [0.2, 0.25) is 0 Å². The maximum absolute atomic E-state index is 12.8. The molecule has 1 aromatic carbocycles. The van der Waals surface area contributed by atoms with Crippen molar-refractivity contribution in [1.82, 2.24) is 10.3 Å². The number of anilines is 1. The van der Waals surface area contributed by atoms with Crippen LogP contribution in [-0.4, -0.2) is 48.4 Å². The van der Waals surface area contributed by atoms with E-state index in [2.05, 4.69) is 10.3 Å². The summed E-state index contributed by atoms with van der Waals surface area (Å²) >= 11 is 0. The molecule has 3 rings (SSSR count). The molecule has 1 aliphatic heterocycles. The van der Waals surface area contributed by atoms with Crippen molar-refractivity contribution in [3.05, 3.63) is 36.0 Å². The highest BCUT2D eigenvalue weighted by Gasteiger charge is 2.41. The summed E-state index contributed by atoms with van der Waals surface area (Å²) in [7, 11) is 0. The van der Waals surface area contributed by atoms with Crippen LogP contribution in [0, 0.1) is 5.92 Å². The number of aliphatic hydroxyl groups excluding tert-OH is 1. The Balaban J connectivity index is 1.81. The predicted molar refractivity (Wildman–Crippen MR) is 92.2 cm³/mol. The Morgan fingerprint density at radius 3 is 2.65 bits per heavy atom. The van der Waals surface area contributed by atoms with Crippen LogP contribution in [0.5, 0.6) is 0 Å². The molecule has 8 heteroatoms. The van der Waals surface area contributed by atoms with Crippen LogP contribution in [0.3, 0.4) is 0 Å². The molecule has 2 N–H and O–H groups in total. The predicted octanol–water partition coefficient (Wildman–Crippen LogP) is 2.74. The molecular weight excluding hydrogens is 347 g/mol. The molecule has 1 aliphatic rings. The van der Waals surface area contributed by atoms with Gasteiger partial charge in [-0.25, -0.2) is 4.98 Å². The van der Waals surface area contributed by atoms with Crippen molar-refractivity contribution in [2.75, 3.05) is 31.1 Å². The lowest BCUT2D eigenvalue weighted by Gasteiger charge is -2.34. The lowest BCUT2D eigenvalue weighted by atomic mass is 9.96. The molecule has 0 spiro atoms. The maximum Gasteiger partial charge on any atom is 0.391 e. The average Bonchev–Trinajstić information content (AvgIpc) is 2.64. The van der Waals surface area contributed by atoms with Crippen molar-refractivity contribution in [2.45, 2.75) is 19.0 Å². The number of aromatic nitrogens is 1. The van der Waals surface area contributed by atoms with E-state index in [4.69, 9.17) is 5.11 Å². The zero-order valence-corrected chi connectivity index (χ0v) is 14.1. The fourth-order valence-electron chi connectivity index (χ4n) is 3.25. The molecule has 0 aliphatic carbocycles. The number of piperidine rings is 1. The Kier molecular flexibility index (Phi) is 5.31. The SMILES string of the molecule is O=C(NCCO)c1ccc2c(N3CCC(C(F)(F)F)CC3)nccc2c1. The summed E-state index contributed by atoms with van der Waals surface area (Å²) in [6, 6.07) is 6.91. The zero-order valence-electron chi connectivity index (χ0n) is 14.1. The van der Waals surface area contributed by atoms with Gasteiger partial charge in [0.05, 0.1) is 12.5 Å². The number of nitrogens with one attached hydrogen (secondary N) is 1. The van der Waals surface area contributed by atoms with Gasteiger partial charge in [0, 0.05) is 36.8 Å². The molecule has 5 nitrogen and oxygen atoms in total. The zero-order chi connectivity index (χ0) is 18.7. The molecule has 0 saturated carbocycles. The molecule has 1 saturated heterocycles. The van der Waals surface area contributed by atoms with E-state index in [1.807, 2.05) is 4.90 Å². The van der Waals surface area contributed by atoms with Gasteiger partial charge in [-0.3, -0.25) is 4.79 Å². The highest BCUT2D eigenvalue weighted by molar-refractivity contribution is 6.01. The third kappa shape index (κ3) is 3.90. The topological polar surface area (TPSA) is 65.5 Å². The van der Waals surface area contributed by atoms with Crippen molar-refractivity contribution in [2.24, 2.45) is 5.92 Å². The van der Waals surface area contributed by atoms with E-state index >= 15 is 0 Å². The van der Waals surface area contributed by atoms with Gasteiger partial charge < -0.3 is 15.3 Å². The number of fused-ring (bicyclic) bond motifs is 1. The van der Waals surface area contributed by atoms with E-state index in [1.54, 1.807) is 30.5 Å². The monoisotopic (exact) mass is 367 g/mol. The first-order valence-electron chi connectivity index (χ1n) is 8.49. The summed E-state index contributed by atoms with van der Waals surface area (Å²) in [5, 5.41) is 13.0. The molecule has 0 unspecified atom stereocenters. The fraction of sp³-hybridized carbons (Fsp3) is 0.444. The third-order valence-corrected chi connectivity index (χ3v) is 4.66. The number of alkyl halides is 3. The van der Waals surface area contributed by atoms with Gasteiger partial charge in [0.15, 0.2) is 0 Å². The minimum absolute atomic E-state index is 0.0587. The normalized spacial score (nSPS) is 16.1. The van der Waals surface area contributed by atoms with Crippen LogP contribution in [0.15, 0.2) is 30.5 Å². The second-order valence-electron chi connectivity index (χ2n) is 6.35. The molecule has 1 fully saturated rings. The Hall–Kier alpha value is -2.35. The minimum atomic E-state index is -4.14. The number of halogens is 3. The standard InChI is InChI=1S/C18H20F3N3O2/c19-18(20,21)14-4-8-24(9-5-14)16-15-2-1-13(17(26)23-7-10-25)11-12(15)3-6-22-16/h1-3,6,11,14,25H,4-5,7-10H2,(H,23,26). The second kappa shape index (κ2) is 7.49. The molecule has 0 radical (unpaired) electrons. The van der Waals surface area contributed by atoms with E-state index in [9.17, 15) is 18.0 Å². The van der Waals surface area contributed by atoms with E-state index in [1.165, 1.54) is 0 Å². The molecule has 0 bridgehead atoms. The van der Waals surface area contributed by atoms with Crippen LogP contribution < -0.4 is 10.2 Å². The van der Waals surface area contributed by atoms with Gasteiger partial charge in [0.25, 0.3) is 5.91 Å². The van der Waals surface area contributed by atoms with E-state index in [-0.39, 0.29) is 31.9 Å². The molecule has 140 valence electrons. The van der Waals surface area contributed by atoms with Crippen molar-refractivity contribution in [1.29, 1.82) is 0 Å². The summed E-state index contributed by atoms with van der Waals surface area (Å²) in [6.07, 6.45) is -2.43. The van der Waals surface area contributed by atoms with Crippen molar-refractivity contribution in [3.8, 4) is 0 Å². The third-order valence-electron chi connectivity index (χ3n) is 4.66. The van der Waals surface area contributed by atoms with E-state index < -0.39 is 12.1 Å². The van der Waals surface area contributed by atoms with E-state index in [0.29, 0.717) is 24.5 Å². The molecule has 2 aromatic rings. The molecular formula is C18H20F3N3O2. The Morgan fingerprint density at radius 2 is 2.00 bits per heavy atom. The maximum atomic E-state index is 12.8.